The summed E-state index contributed by atoms with van der Waals surface area (Å²) in [5, 5.41) is 3.04. The van der Waals surface area contributed by atoms with Crippen LogP contribution in [0, 0.1) is 11.7 Å². The molecule has 1 N–H and O–H groups in total. The van der Waals surface area contributed by atoms with Crippen LogP contribution in [0.25, 0.3) is 0 Å². The van der Waals surface area contributed by atoms with Crippen LogP contribution >= 0.6 is 0 Å². The highest BCUT2D eigenvalue weighted by atomic mass is 19.1. The van der Waals surface area contributed by atoms with Crippen molar-refractivity contribution in [3.05, 3.63) is 66.0 Å². The summed E-state index contributed by atoms with van der Waals surface area (Å²) in [7, 11) is 1.87. The molecule has 0 spiro atoms. The molecule has 0 saturated carbocycles. The van der Waals surface area contributed by atoms with Gasteiger partial charge in [-0.2, -0.15) is 0 Å². The molecular weight excluding hydrogens is 329 g/mol. The van der Waals surface area contributed by atoms with E-state index in [1.807, 2.05) is 24.1 Å². The summed E-state index contributed by atoms with van der Waals surface area (Å²) >= 11 is 0. The predicted octanol–water partition coefficient (Wildman–Crippen LogP) is 2.90. The van der Waals surface area contributed by atoms with Crippen molar-refractivity contribution in [1.82, 2.24) is 10.2 Å². The van der Waals surface area contributed by atoms with Gasteiger partial charge in [0.1, 0.15) is 5.82 Å². The van der Waals surface area contributed by atoms with E-state index in [4.69, 9.17) is 0 Å². The molecule has 1 aliphatic rings. The van der Waals surface area contributed by atoms with Gasteiger partial charge < -0.3 is 10.2 Å². The largest absolute Gasteiger partial charge is 0.371 e. The van der Waals surface area contributed by atoms with Gasteiger partial charge in [0.15, 0.2) is 0 Å². The summed E-state index contributed by atoms with van der Waals surface area (Å²) in [5.41, 5.74) is 2.12. The fourth-order valence-electron chi connectivity index (χ4n) is 3.43. The van der Waals surface area contributed by atoms with Crippen LogP contribution in [-0.2, 0) is 11.3 Å². The number of rotatable bonds is 7. The summed E-state index contributed by atoms with van der Waals surface area (Å²) < 4.78 is 13.2. The van der Waals surface area contributed by atoms with Gasteiger partial charge in [0.05, 0.1) is 6.54 Å². The fraction of sp³-hybridized carbons (Fsp3) is 0.381. The molecule has 26 heavy (non-hydrogen) atoms. The molecule has 1 atom stereocenters. The van der Waals surface area contributed by atoms with Crippen molar-refractivity contribution in [2.75, 3.05) is 38.1 Å². The van der Waals surface area contributed by atoms with Gasteiger partial charge in [-0.15, -0.1) is 0 Å². The first-order valence-corrected chi connectivity index (χ1v) is 9.10. The molecule has 1 fully saturated rings. The highest BCUT2D eigenvalue weighted by molar-refractivity contribution is 5.78. The maximum atomic E-state index is 13.2. The Morgan fingerprint density at radius 3 is 2.81 bits per heavy atom. The molecule has 1 amide bonds. The number of hydrogen-bond acceptors (Lipinski definition) is 3. The molecule has 1 aliphatic heterocycles. The molecule has 2 aromatic carbocycles. The standard InChI is InChI=1S/C21H26FN3O/c1-24(14-17-6-5-7-19(22)12-17)16-21(26)23-13-18-10-11-25(15-18)20-8-3-2-4-9-20/h2-9,12,18H,10-11,13-16H2,1H3,(H,23,26). The van der Waals surface area contributed by atoms with Gasteiger partial charge in [-0.1, -0.05) is 30.3 Å². The van der Waals surface area contributed by atoms with E-state index in [-0.39, 0.29) is 11.7 Å². The van der Waals surface area contributed by atoms with Gasteiger partial charge in [-0.05, 0) is 49.2 Å². The van der Waals surface area contributed by atoms with Crippen LogP contribution in [0.3, 0.4) is 0 Å². The van der Waals surface area contributed by atoms with Gasteiger partial charge in [0, 0.05) is 31.9 Å². The predicted molar refractivity (Wildman–Crippen MR) is 103 cm³/mol. The van der Waals surface area contributed by atoms with Crippen molar-refractivity contribution < 1.29 is 9.18 Å². The molecule has 0 aliphatic carbocycles. The van der Waals surface area contributed by atoms with Crippen LogP contribution in [0.5, 0.6) is 0 Å². The van der Waals surface area contributed by atoms with Crippen LogP contribution < -0.4 is 10.2 Å². The molecule has 1 saturated heterocycles. The lowest BCUT2D eigenvalue weighted by molar-refractivity contribution is -0.122. The number of anilines is 1. The first kappa shape index (κ1) is 18.4. The smallest absolute Gasteiger partial charge is 0.234 e. The van der Waals surface area contributed by atoms with Gasteiger partial charge in [-0.25, -0.2) is 4.39 Å². The lowest BCUT2D eigenvalue weighted by atomic mass is 10.1. The van der Waals surface area contributed by atoms with Crippen molar-refractivity contribution >= 4 is 11.6 Å². The van der Waals surface area contributed by atoms with Gasteiger partial charge >= 0.3 is 0 Å². The summed E-state index contributed by atoms with van der Waals surface area (Å²) in [6.07, 6.45) is 1.09. The monoisotopic (exact) mass is 355 g/mol. The number of halogens is 1. The molecule has 4 nitrogen and oxygen atoms in total. The third-order valence-corrected chi connectivity index (χ3v) is 4.75. The van der Waals surface area contributed by atoms with Crippen molar-refractivity contribution in [2.45, 2.75) is 13.0 Å². The third-order valence-electron chi connectivity index (χ3n) is 4.75. The van der Waals surface area contributed by atoms with Crippen LogP contribution in [0.15, 0.2) is 54.6 Å². The first-order chi connectivity index (χ1) is 12.6. The van der Waals surface area contributed by atoms with E-state index in [9.17, 15) is 9.18 Å². The van der Waals surface area contributed by atoms with E-state index in [2.05, 4.69) is 34.5 Å². The van der Waals surface area contributed by atoms with Crippen LogP contribution in [0.4, 0.5) is 10.1 Å². The Labute approximate surface area is 154 Å². The number of hydrogen-bond donors (Lipinski definition) is 1. The Morgan fingerprint density at radius 2 is 2.04 bits per heavy atom. The average Bonchev–Trinajstić information content (AvgIpc) is 3.10. The zero-order valence-electron chi connectivity index (χ0n) is 15.2. The highest BCUT2D eigenvalue weighted by Gasteiger charge is 2.23. The number of para-hydroxylation sites is 1. The number of amides is 1. The second-order valence-electron chi connectivity index (χ2n) is 7.04. The Kier molecular flexibility index (Phi) is 6.23. The second kappa shape index (κ2) is 8.81. The Balaban J connectivity index is 1.39. The summed E-state index contributed by atoms with van der Waals surface area (Å²) in [5.74, 6) is 0.249. The number of nitrogens with one attached hydrogen (secondary N) is 1. The molecule has 0 radical (unpaired) electrons. The molecule has 1 heterocycles. The number of benzene rings is 2. The van der Waals surface area contributed by atoms with Gasteiger partial charge in [-0.3, -0.25) is 9.69 Å². The lowest BCUT2D eigenvalue weighted by Gasteiger charge is -2.19. The van der Waals surface area contributed by atoms with Gasteiger partial charge in [0.2, 0.25) is 5.91 Å². The second-order valence-corrected chi connectivity index (χ2v) is 7.04. The van der Waals surface area contributed by atoms with Gasteiger partial charge in [0.25, 0.3) is 0 Å². The number of nitrogens with zero attached hydrogens (tertiary/aromatic N) is 2. The molecule has 5 heteroatoms. The zero-order valence-corrected chi connectivity index (χ0v) is 15.2. The summed E-state index contributed by atoms with van der Waals surface area (Å²) in [6, 6.07) is 16.9. The lowest BCUT2D eigenvalue weighted by Crippen LogP contribution is -2.37. The molecule has 138 valence electrons. The molecule has 2 aromatic rings. The molecule has 0 bridgehead atoms. The highest BCUT2D eigenvalue weighted by Crippen LogP contribution is 2.22. The fourth-order valence-corrected chi connectivity index (χ4v) is 3.43. The summed E-state index contributed by atoms with van der Waals surface area (Å²) in [4.78, 5) is 16.4. The Bertz CT molecular complexity index is 722. The van der Waals surface area contributed by atoms with E-state index in [0.717, 1.165) is 25.1 Å². The molecule has 3 rings (SSSR count). The van der Waals surface area contributed by atoms with E-state index in [1.165, 1.54) is 17.8 Å². The minimum Gasteiger partial charge on any atom is -0.371 e. The van der Waals surface area contributed by atoms with E-state index < -0.39 is 0 Å². The Hall–Kier alpha value is -2.40. The van der Waals surface area contributed by atoms with Crippen LogP contribution in [0.2, 0.25) is 0 Å². The summed E-state index contributed by atoms with van der Waals surface area (Å²) in [6.45, 7) is 3.57. The molecule has 0 aromatic heterocycles. The maximum Gasteiger partial charge on any atom is 0.234 e. The minimum absolute atomic E-state index is 0.0158. The molecule has 1 unspecified atom stereocenters. The quantitative estimate of drug-likeness (QED) is 0.830. The van der Waals surface area contributed by atoms with Crippen LogP contribution in [0.1, 0.15) is 12.0 Å². The maximum absolute atomic E-state index is 13.2. The van der Waals surface area contributed by atoms with E-state index >= 15 is 0 Å². The SMILES string of the molecule is CN(CC(=O)NCC1CCN(c2ccccc2)C1)Cc1cccc(F)c1. The number of carbonyl (C=O) groups excluding carboxylic acids is 1. The minimum atomic E-state index is -0.246. The molecular formula is C21H26FN3O. The zero-order chi connectivity index (χ0) is 18.4. The average molecular weight is 355 g/mol. The van der Waals surface area contributed by atoms with E-state index in [0.29, 0.717) is 25.6 Å². The van der Waals surface area contributed by atoms with E-state index in [1.54, 1.807) is 6.07 Å². The van der Waals surface area contributed by atoms with Crippen molar-refractivity contribution in [3.63, 3.8) is 0 Å². The number of likely N-dealkylation sites (N-methyl/N-ethyl adjacent to an activating group) is 1. The third kappa shape index (κ3) is 5.30. The topological polar surface area (TPSA) is 35.6 Å². The Morgan fingerprint density at radius 1 is 1.23 bits per heavy atom. The normalized spacial score (nSPS) is 16.9. The first-order valence-electron chi connectivity index (χ1n) is 9.10. The van der Waals surface area contributed by atoms with Crippen molar-refractivity contribution in [2.24, 2.45) is 5.92 Å². The van der Waals surface area contributed by atoms with Crippen LogP contribution in [-0.4, -0.2) is 44.0 Å². The van der Waals surface area contributed by atoms with Crippen molar-refractivity contribution in [3.8, 4) is 0 Å². The number of carbonyl (C=O) groups is 1. The van der Waals surface area contributed by atoms with Crippen molar-refractivity contribution in [1.29, 1.82) is 0 Å².